The standard InChI is InChI=1S/C17H11FN4O4/c18-14-6-1-2-7-15(14)26-17-19-9-12(10-20-17)21-16(23)11-4-3-5-13(8-11)22(24)25/h1-10H,(H,21,23). The molecule has 1 heterocycles. The van der Waals surface area contributed by atoms with Gasteiger partial charge in [0.25, 0.3) is 11.6 Å². The summed E-state index contributed by atoms with van der Waals surface area (Å²) in [6.07, 6.45) is 2.55. The Hall–Kier alpha value is -3.88. The van der Waals surface area contributed by atoms with Gasteiger partial charge in [-0.1, -0.05) is 18.2 Å². The number of halogens is 1. The number of carbonyl (C=O) groups is 1. The summed E-state index contributed by atoms with van der Waals surface area (Å²) in [6, 6.07) is 11.0. The van der Waals surface area contributed by atoms with Crippen molar-refractivity contribution in [3.05, 3.63) is 82.4 Å². The van der Waals surface area contributed by atoms with E-state index < -0.39 is 16.6 Å². The Balaban J connectivity index is 1.69. The maximum Gasteiger partial charge on any atom is 0.322 e. The molecule has 2 aromatic carbocycles. The van der Waals surface area contributed by atoms with Gasteiger partial charge in [0.15, 0.2) is 11.6 Å². The number of anilines is 1. The van der Waals surface area contributed by atoms with Crippen LogP contribution in [-0.4, -0.2) is 20.8 Å². The third-order valence-electron chi connectivity index (χ3n) is 3.24. The van der Waals surface area contributed by atoms with Crippen LogP contribution in [-0.2, 0) is 0 Å². The lowest BCUT2D eigenvalue weighted by molar-refractivity contribution is -0.384. The van der Waals surface area contributed by atoms with Gasteiger partial charge in [0, 0.05) is 17.7 Å². The highest BCUT2D eigenvalue weighted by molar-refractivity contribution is 6.04. The number of nitro groups is 1. The van der Waals surface area contributed by atoms with E-state index in [1.165, 1.54) is 48.8 Å². The van der Waals surface area contributed by atoms with Gasteiger partial charge in [0.2, 0.25) is 0 Å². The van der Waals surface area contributed by atoms with E-state index in [4.69, 9.17) is 4.74 Å². The van der Waals surface area contributed by atoms with E-state index in [1.54, 1.807) is 6.07 Å². The van der Waals surface area contributed by atoms with Gasteiger partial charge < -0.3 is 10.1 Å². The quantitative estimate of drug-likeness (QED) is 0.554. The molecule has 0 aliphatic heterocycles. The van der Waals surface area contributed by atoms with Gasteiger partial charge in [-0.15, -0.1) is 0 Å². The number of hydrogen-bond acceptors (Lipinski definition) is 6. The van der Waals surface area contributed by atoms with E-state index in [0.717, 1.165) is 6.07 Å². The molecule has 26 heavy (non-hydrogen) atoms. The highest BCUT2D eigenvalue weighted by Gasteiger charge is 2.12. The van der Waals surface area contributed by atoms with Crippen LogP contribution in [0.1, 0.15) is 10.4 Å². The molecule has 8 nitrogen and oxygen atoms in total. The fraction of sp³-hybridized carbons (Fsp3) is 0. The van der Waals surface area contributed by atoms with Crippen LogP contribution in [0.2, 0.25) is 0 Å². The maximum absolute atomic E-state index is 13.5. The molecule has 1 aromatic heterocycles. The molecule has 0 aliphatic rings. The molecule has 9 heteroatoms. The van der Waals surface area contributed by atoms with Crippen LogP contribution in [0.15, 0.2) is 60.9 Å². The van der Waals surface area contributed by atoms with Gasteiger partial charge in [-0.2, -0.15) is 0 Å². The van der Waals surface area contributed by atoms with Crippen molar-refractivity contribution < 1.29 is 18.8 Å². The summed E-state index contributed by atoms with van der Waals surface area (Å²) < 4.78 is 18.7. The van der Waals surface area contributed by atoms with Crippen molar-refractivity contribution in [2.45, 2.75) is 0 Å². The molecule has 0 aliphatic carbocycles. The summed E-state index contributed by atoms with van der Waals surface area (Å²) in [5.74, 6) is -1.14. The highest BCUT2D eigenvalue weighted by atomic mass is 19.1. The molecule has 0 radical (unpaired) electrons. The van der Waals surface area contributed by atoms with Crippen LogP contribution in [0, 0.1) is 15.9 Å². The summed E-state index contributed by atoms with van der Waals surface area (Å²) in [4.78, 5) is 30.1. The Kier molecular flexibility index (Phi) is 4.79. The predicted molar refractivity (Wildman–Crippen MR) is 89.6 cm³/mol. The van der Waals surface area contributed by atoms with E-state index in [-0.39, 0.29) is 28.7 Å². The minimum absolute atomic E-state index is 0.0270. The number of nitro benzene ring substituents is 1. The molecule has 0 bridgehead atoms. The second kappa shape index (κ2) is 7.34. The fourth-order valence-corrected chi connectivity index (χ4v) is 2.02. The molecule has 0 saturated heterocycles. The summed E-state index contributed by atoms with van der Waals surface area (Å²) in [5, 5.41) is 13.3. The zero-order valence-electron chi connectivity index (χ0n) is 13.1. The van der Waals surface area contributed by atoms with Gasteiger partial charge in [0.1, 0.15) is 0 Å². The average Bonchev–Trinajstić information content (AvgIpc) is 2.65. The number of non-ortho nitro benzene ring substituents is 1. The Labute approximate surface area is 146 Å². The van der Waals surface area contributed by atoms with E-state index in [0.29, 0.717) is 0 Å². The Morgan fingerprint density at radius 3 is 2.54 bits per heavy atom. The van der Waals surface area contributed by atoms with Crippen molar-refractivity contribution in [3.8, 4) is 11.8 Å². The molecule has 0 spiro atoms. The highest BCUT2D eigenvalue weighted by Crippen LogP contribution is 2.21. The van der Waals surface area contributed by atoms with Crippen LogP contribution >= 0.6 is 0 Å². The van der Waals surface area contributed by atoms with Crippen molar-refractivity contribution in [3.63, 3.8) is 0 Å². The molecule has 3 aromatic rings. The maximum atomic E-state index is 13.5. The second-order valence-electron chi connectivity index (χ2n) is 5.05. The number of amides is 1. The summed E-state index contributed by atoms with van der Waals surface area (Å²) in [5.41, 5.74) is 0.177. The lowest BCUT2D eigenvalue weighted by Crippen LogP contribution is -2.12. The molecule has 0 atom stereocenters. The number of rotatable bonds is 5. The van der Waals surface area contributed by atoms with E-state index in [2.05, 4.69) is 15.3 Å². The molecule has 1 N–H and O–H groups in total. The van der Waals surface area contributed by atoms with Crippen molar-refractivity contribution in [1.82, 2.24) is 9.97 Å². The van der Waals surface area contributed by atoms with Crippen LogP contribution < -0.4 is 10.1 Å². The molecule has 0 unspecified atom stereocenters. The first-order valence-electron chi connectivity index (χ1n) is 7.33. The number of nitrogens with zero attached hydrogens (tertiary/aromatic N) is 3. The van der Waals surface area contributed by atoms with Crippen molar-refractivity contribution in [1.29, 1.82) is 0 Å². The smallest absolute Gasteiger partial charge is 0.322 e. The van der Waals surface area contributed by atoms with Gasteiger partial charge in [-0.05, 0) is 18.2 Å². The first-order chi connectivity index (χ1) is 12.5. The van der Waals surface area contributed by atoms with Gasteiger partial charge in [-0.3, -0.25) is 14.9 Å². The number of hydrogen-bond donors (Lipinski definition) is 1. The topological polar surface area (TPSA) is 107 Å². The van der Waals surface area contributed by atoms with Crippen molar-refractivity contribution in [2.24, 2.45) is 0 Å². The number of benzene rings is 2. The Morgan fingerprint density at radius 2 is 1.85 bits per heavy atom. The first-order valence-corrected chi connectivity index (χ1v) is 7.33. The predicted octanol–water partition coefficient (Wildman–Crippen LogP) is 3.57. The Morgan fingerprint density at radius 1 is 1.12 bits per heavy atom. The molecule has 3 rings (SSSR count). The number of ether oxygens (including phenoxy) is 1. The summed E-state index contributed by atoms with van der Waals surface area (Å²) in [6.45, 7) is 0. The molecule has 1 amide bonds. The third-order valence-corrected chi connectivity index (χ3v) is 3.24. The van der Waals surface area contributed by atoms with Crippen LogP contribution in [0.5, 0.6) is 11.8 Å². The van der Waals surface area contributed by atoms with Crippen LogP contribution in [0.25, 0.3) is 0 Å². The van der Waals surface area contributed by atoms with E-state index in [9.17, 15) is 19.3 Å². The SMILES string of the molecule is O=C(Nc1cnc(Oc2ccccc2F)nc1)c1cccc([N+](=O)[O-])c1. The van der Waals surface area contributed by atoms with Crippen LogP contribution in [0.4, 0.5) is 15.8 Å². The number of carbonyl (C=O) groups excluding carboxylic acids is 1. The van der Waals surface area contributed by atoms with E-state index >= 15 is 0 Å². The minimum Gasteiger partial charge on any atom is -0.421 e. The number of nitrogens with one attached hydrogen (secondary N) is 1. The zero-order chi connectivity index (χ0) is 18.5. The summed E-state index contributed by atoms with van der Waals surface area (Å²) in [7, 11) is 0. The molecule has 0 saturated carbocycles. The molecule has 130 valence electrons. The largest absolute Gasteiger partial charge is 0.421 e. The number of aromatic nitrogens is 2. The molecule has 0 fully saturated rings. The normalized spacial score (nSPS) is 10.2. The van der Waals surface area contributed by atoms with Crippen molar-refractivity contribution in [2.75, 3.05) is 5.32 Å². The van der Waals surface area contributed by atoms with Crippen LogP contribution in [0.3, 0.4) is 0 Å². The van der Waals surface area contributed by atoms with Gasteiger partial charge in [0.05, 0.1) is 23.0 Å². The lowest BCUT2D eigenvalue weighted by Gasteiger charge is -2.07. The average molecular weight is 354 g/mol. The van der Waals surface area contributed by atoms with Gasteiger partial charge in [-0.25, -0.2) is 14.4 Å². The molecular weight excluding hydrogens is 343 g/mol. The third kappa shape index (κ3) is 3.96. The summed E-state index contributed by atoms with van der Waals surface area (Å²) >= 11 is 0. The zero-order valence-corrected chi connectivity index (χ0v) is 13.1. The lowest BCUT2D eigenvalue weighted by atomic mass is 10.2. The Bertz CT molecular complexity index is 963. The van der Waals surface area contributed by atoms with Crippen molar-refractivity contribution >= 4 is 17.3 Å². The van der Waals surface area contributed by atoms with E-state index in [1.807, 2.05) is 0 Å². The molecular formula is C17H11FN4O4. The fourth-order valence-electron chi connectivity index (χ4n) is 2.02. The van der Waals surface area contributed by atoms with Gasteiger partial charge >= 0.3 is 6.01 Å². The first kappa shape index (κ1) is 17.0. The second-order valence-corrected chi connectivity index (χ2v) is 5.05. The number of para-hydroxylation sites is 1. The minimum atomic E-state index is -0.589. The monoisotopic (exact) mass is 354 g/mol.